The second kappa shape index (κ2) is 9.43. The first-order valence-electron chi connectivity index (χ1n) is 11.1. The molecule has 0 bridgehead atoms. The third-order valence-corrected chi connectivity index (χ3v) is 6.46. The Balaban J connectivity index is 1.28. The van der Waals surface area contributed by atoms with Crippen molar-refractivity contribution in [2.24, 2.45) is 0 Å². The van der Waals surface area contributed by atoms with E-state index in [2.05, 4.69) is 47.9 Å². The number of hydrogen-bond acceptors (Lipinski definition) is 3. The van der Waals surface area contributed by atoms with E-state index in [1.807, 2.05) is 17.0 Å². The first-order chi connectivity index (χ1) is 14.6. The lowest BCUT2D eigenvalue weighted by molar-refractivity contribution is -0.131. The van der Waals surface area contributed by atoms with Gasteiger partial charge in [-0.05, 0) is 79.5 Å². The molecule has 5 heteroatoms. The highest BCUT2D eigenvalue weighted by Gasteiger charge is 2.24. The molecule has 2 amide bonds. The van der Waals surface area contributed by atoms with Gasteiger partial charge in [0.25, 0.3) is 5.91 Å². The van der Waals surface area contributed by atoms with Crippen LogP contribution in [-0.2, 0) is 17.8 Å². The Kier molecular flexibility index (Phi) is 6.48. The van der Waals surface area contributed by atoms with Gasteiger partial charge in [-0.25, -0.2) is 0 Å². The Labute approximate surface area is 178 Å². The van der Waals surface area contributed by atoms with Crippen molar-refractivity contribution in [3.8, 4) is 0 Å². The summed E-state index contributed by atoms with van der Waals surface area (Å²) in [5, 5.41) is 6.21. The first kappa shape index (κ1) is 20.6. The van der Waals surface area contributed by atoms with Gasteiger partial charge in [0, 0.05) is 25.2 Å². The molecular weight excluding hydrogens is 374 g/mol. The van der Waals surface area contributed by atoms with Crippen molar-refractivity contribution in [1.29, 1.82) is 0 Å². The molecule has 30 heavy (non-hydrogen) atoms. The molecular formula is C25H31N3O2. The first-order valence-corrected chi connectivity index (χ1v) is 11.1. The van der Waals surface area contributed by atoms with E-state index in [0.29, 0.717) is 11.5 Å². The number of amides is 2. The number of carbonyl (C=O) groups is 2. The molecule has 2 aliphatic rings. The van der Waals surface area contributed by atoms with Gasteiger partial charge in [0.15, 0.2) is 0 Å². The fraction of sp³-hybridized carbons (Fsp3) is 0.440. The second-order valence-electron chi connectivity index (χ2n) is 8.46. The van der Waals surface area contributed by atoms with E-state index in [1.165, 1.54) is 22.3 Å². The molecule has 0 radical (unpaired) electrons. The quantitative estimate of drug-likeness (QED) is 0.821. The predicted octanol–water partition coefficient (Wildman–Crippen LogP) is 3.17. The van der Waals surface area contributed by atoms with Crippen molar-refractivity contribution in [1.82, 2.24) is 15.5 Å². The minimum absolute atomic E-state index is 0.00279. The number of carbonyl (C=O) groups excluding carboxylic acids is 2. The summed E-state index contributed by atoms with van der Waals surface area (Å²) in [5.41, 5.74) is 5.85. The molecule has 1 saturated heterocycles. The highest BCUT2D eigenvalue weighted by Crippen LogP contribution is 2.30. The van der Waals surface area contributed by atoms with E-state index in [9.17, 15) is 9.59 Å². The maximum absolute atomic E-state index is 12.6. The molecule has 2 N–H and O–H groups in total. The van der Waals surface area contributed by atoms with Crippen LogP contribution in [0.15, 0.2) is 42.5 Å². The molecule has 4 rings (SSSR count). The number of rotatable bonds is 4. The zero-order valence-electron chi connectivity index (χ0n) is 17.7. The van der Waals surface area contributed by atoms with E-state index >= 15 is 0 Å². The minimum atomic E-state index is -0.176. The van der Waals surface area contributed by atoms with Crippen molar-refractivity contribution in [2.45, 2.75) is 45.1 Å². The molecule has 2 aliphatic heterocycles. The van der Waals surface area contributed by atoms with Crippen LogP contribution in [0.1, 0.15) is 57.8 Å². The SMILES string of the molecule is Cc1ccccc1C1CCN(C(=O)CNC(=O)c2ccc3c(c2)CNCCC3)CC1. The van der Waals surface area contributed by atoms with E-state index < -0.39 is 0 Å². The molecule has 5 nitrogen and oxygen atoms in total. The number of likely N-dealkylation sites (tertiary alicyclic amines) is 1. The summed E-state index contributed by atoms with van der Waals surface area (Å²) < 4.78 is 0. The molecule has 0 aliphatic carbocycles. The lowest BCUT2D eigenvalue weighted by Crippen LogP contribution is -2.43. The maximum atomic E-state index is 12.6. The highest BCUT2D eigenvalue weighted by atomic mass is 16.2. The maximum Gasteiger partial charge on any atom is 0.251 e. The van der Waals surface area contributed by atoms with Crippen LogP contribution in [0.25, 0.3) is 0 Å². The normalized spacial score (nSPS) is 17.2. The number of benzene rings is 2. The Hall–Kier alpha value is -2.66. The topological polar surface area (TPSA) is 61.4 Å². The van der Waals surface area contributed by atoms with Crippen molar-refractivity contribution in [2.75, 3.05) is 26.2 Å². The molecule has 0 atom stereocenters. The summed E-state index contributed by atoms with van der Waals surface area (Å²) in [6.45, 7) is 5.51. The smallest absolute Gasteiger partial charge is 0.251 e. The van der Waals surface area contributed by atoms with Gasteiger partial charge in [-0.15, -0.1) is 0 Å². The van der Waals surface area contributed by atoms with Gasteiger partial charge < -0.3 is 15.5 Å². The van der Waals surface area contributed by atoms with Crippen LogP contribution in [0, 0.1) is 6.92 Å². The van der Waals surface area contributed by atoms with Crippen molar-refractivity contribution in [3.63, 3.8) is 0 Å². The van der Waals surface area contributed by atoms with Crippen LogP contribution in [0.5, 0.6) is 0 Å². The van der Waals surface area contributed by atoms with Crippen molar-refractivity contribution < 1.29 is 9.59 Å². The number of nitrogens with one attached hydrogen (secondary N) is 2. The molecule has 158 valence electrons. The van der Waals surface area contributed by atoms with Gasteiger partial charge in [-0.3, -0.25) is 9.59 Å². The van der Waals surface area contributed by atoms with Gasteiger partial charge in [0.05, 0.1) is 6.54 Å². The number of fused-ring (bicyclic) bond motifs is 1. The Morgan fingerprint density at radius 3 is 2.70 bits per heavy atom. The summed E-state index contributed by atoms with van der Waals surface area (Å²) >= 11 is 0. The summed E-state index contributed by atoms with van der Waals surface area (Å²) in [5.74, 6) is 0.339. The molecule has 2 aromatic carbocycles. The summed E-state index contributed by atoms with van der Waals surface area (Å²) in [7, 11) is 0. The number of nitrogens with zero attached hydrogens (tertiary/aromatic N) is 1. The van der Waals surface area contributed by atoms with Crippen molar-refractivity contribution >= 4 is 11.8 Å². The Bertz CT molecular complexity index is 916. The molecule has 0 aromatic heterocycles. The summed E-state index contributed by atoms with van der Waals surface area (Å²) in [6, 6.07) is 14.4. The van der Waals surface area contributed by atoms with E-state index in [4.69, 9.17) is 0 Å². The third-order valence-electron chi connectivity index (χ3n) is 6.46. The van der Waals surface area contributed by atoms with Crippen LogP contribution in [0.4, 0.5) is 0 Å². The number of aryl methyl sites for hydroxylation is 2. The fourth-order valence-corrected chi connectivity index (χ4v) is 4.66. The number of hydrogen-bond donors (Lipinski definition) is 2. The lowest BCUT2D eigenvalue weighted by Gasteiger charge is -2.33. The molecule has 0 saturated carbocycles. The number of piperidine rings is 1. The molecule has 0 unspecified atom stereocenters. The van der Waals surface area contributed by atoms with E-state index in [1.54, 1.807) is 0 Å². The highest BCUT2D eigenvalue weighted by molar-refractivity contribution is 5.96. The third kappa shape index (κ3) is 4.73. The summed E-state index contributed by atoms with van der Waals surface area (Å²) in [4.78, 5) is 27.1. The van der Waals surface area contributed by atoms with E-state index in [0.717, 1.165) is 51.9 Å². The van der Waals surface area contributed by atoms with Gasteiger partial charge in [0.1, 0.15) is 0 Å². The van der Waals surface area contributed by atoms with Gasteiger partial charge in [0.2, 0.25) is 5.91 Å². The van der Waals surface area contributed by atoms with Crippen LogP contribution in [-0.4, -0.2) is 42.9 Å². The molecule has 2 aromatic rings. The standard InChI is InChI=1S/C25H31N3O2/c1-18-5-2-3-7-23(18)20-10-13-28(14-11-20)24(29)17-27-25(30)21-9-8-19-6-4-12-26-16-22(19)15-21/h2-3,5,7-9,15,20,26H,4,6,10-14,16-17H2,1H3,(H,27,30). The van der Waals surface area contributed by atoms with Crippen LogP contribution >= 0.6 is 0 Å². The average Bonchev–Trinajstić information content (AvgIpc) is 3.02. The van der Waals surface area contributed by atoms with Crippen LogP contribution < -0.4 is 10.6 Å². The van der Waals surface area contributed by atoms with Crippen molar-refractivity contribution in [3.05, 3.63) is 70.3 Å². The lowest BCUT2D eigenvalue weighted by atomic mass is 9.87. The fourth-order valence-electron chi connectivity index (χ4n) is 4.66. The molecule has 1 fully saturated rings. The van der Waals surface area contributed by atoms with E-state index in [-0.39, 0.29) is 18.4 Å². The summed E-state index contributed by atoms with van der Waals surface area (Å²) in [6.07, 6.45) is 4.11. The Morgan fingerprint density at radius 1 is 1.10 bits per heavy atom. The Morgan fingerprint density at radius 2 is 1.90 bits per heavy atom. The second-order valence-corrected chi connectivity index (χ2v) is 8.46. The molecule has 2 heterocycles. The zero-order chi connectivity index (χ0) is 20.9. The average molecular weight is 406 g/mol. The zero-order valence-corrected chi connectivity index (χ0v) is 17.7. The van der Waals surface area contributed by atoms with Gasteiger partial charge >= 0.3 is 0 Å². The van der Waals surface area contributed by atoms with Crippen LogP contribution in [0.2, 0.25) is 0 Å². The monoisotopic (exact) mass is 405 g/mol. The van der Waals surface area contributed by atoms with Gasteiger partial charge in [-0.1, -0.05) is 30.3 Å². The van der Waals surface area contributed by atoms with Gasteiger partial charge in [-0.2, -0.15) is 0 Å². The largest absolute Gasteiger partial charge is 0.343 e. The van der Waals surface area contributed by atoms with Crippen LogP contribution in [0.3, 0.4) is 0 Å². The minimum Gasteiger partial charge on any atom is -0.343 e. The molecule has 0 spiro atoms. The predicted molar refractivity (Wildman–Crippen MR) is 119 cm³/mol.